The van der Waals surface area contributed by atoms with Crippen LogP contribution in [0.5, 0.6) is 11.5 Å². The minimum absolute atomic E-state index is 0.0447. The summed E-state index contributed by atoms with van der Waals surface area (Å²) >= 11 is 5.61. The van der Waals surface area contributed by atoms with Gasteiger partial charge in [0.15, 0.2) is 6.61 Å². The maximum Gasteiger partial charge on any atom is 0.416 e. The Morgan fingerprint density at radius 2 is 1.86 bits per heavy atom. The zero-order valence-corrected chi connectivity index (χ0v) is 15.4. The Morgan fingerprint density at radius 1 is 1.11 bits per heavy atom. The predicted molar refractivity (Wildman–Crippen MR) is 94.3 cm³/mol. The molecule has 5 nitrogen and oxygen atoms in total. The van der Waals surface area contributed by atoms with Crippen LogP contribution >= 0.6 is 11.6 Å². The molecule has 2 aromatic carbocycles. The number of rotatable bonds is 8. The summed E-state index contributed by atoms with van der Waals surface area (Å²) in [5, 5.41) is 2.12. The molecule has 0 unspecified atom stereocenters. The van der Waals surface area contributed by atoms with Crippen LogP contribution in [0.1, 0.15) is 5.56 Å². The summed E-state index contributed by atoms with van der Waals surface area (Å²) in [5.41, 5.74) is -1.12. The van der Waals surface area contributed by atoms with E-state index >= 15 is 0 Å². The zero-order chi connectivity index (χ0) is 20.7. The summed E-state index contributed by atoms with van der Waals surface area (Å²) in [7, 11) is 1.44. The van der Waals surface area contributed by atoms with Crippen molar-refractivity contribution in [1.82, 2.24) is 0 Å². The molecule has 0 radical (unpaired) electrons. The average molecular weight is 422 g/mol. The van der Waals surface area contributed by atoms with Gasteiger partial charge in [-0.1, -0.05) is 11.6 Å². The molecule has 2 aromatic rings. The van der Waals surface area contributed by atoms with Crippen molar-refractivity contribution >= 4 is 23.2 Å². The van der Waals surface area contributed by atoms with Crippen molar-refractivity contribution in [3.8, 4) is 11.5 Å². The van der Waals surface area contributed by atoms with E-state index in [0.717, 1.165) is 24.3 Å². The van der Waals surface area contributed by atoms with Crippen LogP contribution < -0.4 is 14.8 Å². The molecule has 1 N–H and O–H groups in total. The molecule has 0 aromatic heterocycles. The van der Waals surface area contributed by atoms with Gasteiger partial charge in [-0.3, -0.25) is 4.79 Å². The average Bonchev–Trinajstić information content (AvgIpc) is 2.63. The van der Waals surface area contributed by atoms with Gasteiger partial charge < -0.3 is 19.5 Å². The van der Waals surface area contributed by atoms with Crippen LogP contribution in [-0.4, -0.2) is 32.8 Å². The third-order valence-corrected chi connectivity index (χ3v) is 3.68. The van der Waals surface area contributed by atoms with E-state index in [0.29, 0.717) is 0 Å². The van der Waals surface area contributed by atoms with E-state index in [2.05, 4.69) is 5.32 Å². The van der Waals surface area contributed by atoms with Crippen molar-refractivity contribution < 1.29 is 36.6 Å². The first-order chi connectivity index (χ1) is 13.2. The smallest absolute Gasteiger partial charge is 0.416 e. The van der Waals surface area contributed by atoms with Gasteiger partial charge in [-0.15, -0.1) is 0 Å². The Kier molecular flexibility index (Phi) is 7.47. The van der Waals surface area contributed by atoms with Gasteiger partial charge in [-0.2, -0.15) is 13.2 Å². The van der Waals surface area contributed by atoms with E-state index in [-0.39, 0.29) is 35.4 Å². The lowest BCUT2D eigenvalue weighted by atomic mass is 10.1. The lowest BCUT2D eigenvalue weighted by molar-refractivity contribution is -0.137. The first-order valence-corrected chi connectivity index (χ1v) is 8.29. The number of carbonyl (C=O) groups is 1. The fourth-order valence-electron chi connectivity index (χ4n) is 2.07. The van der Waals surface area contributed by atoms with E-state index in [4.69, 9.17) is 25.8 Å². The summed E-state index contributed by atoms with van der Waals surface area (Å²) in [5.74, 6) is -1.22. The standard InChI is InChI=1S/C18H16ClF4NO4/c1-26-6-7-27-16-5-2-11(18(21,22)23)8-15(16)24-17(25)10-28-12-3-4-14(20)13(19)9-12/h2-5,8-9H,6-7,10H2,1H3,(H,24,25). The Hall–Kier alpha value is -2.52. The fourth-order valence-corrected chi connectivity index (χ4v) is 2.24. The highest BCUT2D eigenvalue weighted by Crippen LogP contribution is 2.35. The van der Waals surface area contributed by atoms with Crippen molar-refractivity contribution in [2.45, 2.75) is 6.18 Å². The number of nitrogens with one attached hydrogen (secondary N) is 1. The molecule has 2 rings (SSSR count). The molecule has 0 heterocycles. The van der Waals surface area contributed by atoms with Gasteiger partial charge in [0.25, 0.3) is 5.91 Å². The largest absolute Gasteiger partial charge is 0.489 e. The van der Waals surface area contributed by atoms with Crippen LogP contribution in [-0.2, 0) is 15.7 Å². The van der Waals surface area contributed by atoms with Crippen LogP contribution in [0.2, 0.25) is 5.02 Å². The second-order valence-electron chi connectivity index (χ2n) is 5.46. The van der Waals surface area contributed by atoms with Crippen LogP contribution in [0.3, 0.4) is 0 Å². The van der Waals surface area contributed by atoms with Gasteiger partial charge in [0.2, 0.25) is 0 Å². The molecule has 10 heteroatoms. The first kappa shape index (κ1) is 21.8. The quantitative estimate of drug-likeness (QED) is 0.502. The Morgan fingerprint density at radius 3 is 2.50 bits per heavy atom. The summed E-state index contributed by atoms with van der Waals surface area (Å²) in [6.45, 7) is -0.242. The van der Waals surface area contributed by atoms with Gasteiger partial charge >= 0.3 is 6.18 Å². The van der Waals surface area contributed by atoms with E-state index in [1.807, 2.05) is 0 Å². The van der Waals surface area contributed by atoms with Crippen molar-refractivity contribution in [2.75, 3.05) is 32.2 Å². The predicted octanol–water partition coefficient (Wildman–Crippen LogP) is 4.54. The highest BCUT2D eigenvalue weighted by molar-refractivity contribution is 6.30. The molecule has 1 amide bonds. The SMILES string of the molecule is COCCOc1ccc(C(F)(F)F)cc1NC(=O)COc1ccc(F)c(Cl)c1. The molecule has 0 aliphatic carbocycles. The van der Waals surface area contributed by atoms with Gasteiger partial charge in [-0.05, 0) is 30.3 Å². The van der Waals surface area contributed by atoms with E-state index in [9.17, 15) is 22.4 Å². The highest BCUT2D eigenvalue weighted by atomic mass is 35.5. The fraction of sp³-hybridized carbons (Fsp3) is 0.278. The van der Waals surface area contributed by atoms with Crippen LogP contribution in [0.4, 0.5) is 23.2 Å². The first-order valence-electron chi connectivity index (χ1n) is 7.91. The third-order valence-electron chi connectivity index (χ3n) is 3.39. The highest BCUT2D eigenvalue weighted by Gasteiger charge is 2.31. The minimum Gasteiger partial charge on any atom is -0.489 e. The number of hydrogen-bond donors (Lipinski definition) is 1. The van der Waals surface area contributed by atoms with E-state index in [1.54, 1.807) is 0 Å². The van der Waals surface area contributed by atoms with Crippen LogP contribution in [0, 0.1) is 5.82 Å². The monoisotopic (exact) mass is 421 g/mol. The number of anilines is 1. The molecule has 0 aliphatic heterocycles. The lowest BCUT2D eigenvalue weighted by Gasteiger charge is -2.15. The number of alkyl halides is 3. The Bertz CT molecular complexity index is 830. The topological polar surface area (TPSA) is 56.8 Å². The number of ether oxygens (including phenoxy) is 3. The van der Waals surface area contributed by atoms with Gasteiger partial charge in [0.1, 0.15) is 23.9 Å². The summed E-state index contributed by atoms with van der Waals surface area (Å²) < 4.78 is 67.3. The van der Waals surface area contributed by atoms with Crippen molar-refractivity contribution in [1.29, 1.82) is 0 Å². The second-order valence-corrected chi connectivity index (χ2v) is 5.87. The number of amides is 1. The van der Waals surface area contributed by atoms with Gasteiger partial charge in [0.05, 0.1) is 22.9 Å². The minimum atomic E-state index is -4.59. The van der Waals surface area contributed by atoms with Crippen molar-refractivity contribution in [3.05, 3.63) is 52.8 Å². The molecule has 28 heavy (non-hydrogen) atoms. The summed E-state index contributed by atoms with van der Waals surface area (Å²) in [6.07, 6.45) is -4.59. The van der Waals surface area contributed by atoms with Gasteiger partial charge in [0, 0.05) is 13.2 Å². The molecule has 0 atom stereocenters. The molecule has 0 spiro atoms. The van der Waals surface area contributed by atoms with E-state index < -0.39 is 30.1 Å². The normalized spacial score (nSPS) is 11.2. The van der Waals surface area contributed by atoms with E-state index in [1.165, 1.54) is 19.2 Å². The third kappa shape index (κ3) is 6.28. The number of hydrogen-bond acceptors (Lipinski definition) is 4. The summed E-state index contributed by atoms with van der Waals surface area (Å²) in [4.78, 5) is 12.1. The molecule has 0 bridgehead atoms. The van der Waals surface area contributed by atoms with Crippen LogP contribution in [0.25, 0.3) is 0 Å². The summed E-state index contributed by atoms with van der Waals surface area (Å²) in [6, 6.07) is 6.20. The van der Waals surface area contributed by atoms with Crippen molar-refractivity contribution in [2.24, 2.45) is 0 Å². The van der Waals surface area contributed by atoms with Gasteiger partial charge in [-0.25, -0.2) is 4.39 Å². The van der Waals surface area contributed by atoms with Crippen LogP contribution in [0.15, 0.2) is 36.4 Å². The number of benzene rings is 2. The van der Waals surface area contributed by atoms with Crippen molar-refractivity contribution in [3.63, 3.8) is 0 Å². The molecule has 0 saturated carbocycles. The number of halogens is 5. The molecule has 0 saturated heterocycles. The lowest BCUT2D eigenvalue weighted by Crippen LogP contribution is -2.21. The Balaban J connectivity index is 2.09. The zero-order valence-electron chi connectivity index (χ0n) is 14.6. The molecular formula is C18H16ClF4NO4. The molecule has 0 fully saturated rings. The molecule has 152 valence electrons. The Labute approximate surface area is 163 Å². The maximum atomic E-state index is 13.1. The molecular weight excluding hydrogens is 406 g/mol. The second kappa shape index (κ2) is 9.61. The molecule has 0 aliphatic rings. The maximum absolute atomic E-state index is 13.1. The number of methoxy groups -OCH3 is 1. The number of carbonyl (C=O) groups excluding carboxylic acids is 1.